The fraction of sp³-hybridized carbons (Fsp3) is 0.571. The predicted molar refractivity (Wildman–Crippen MR) is 78.3 cm³/mol. The standard InChI is InChI=1S/C14H18N2O4S/c1-15-8-14(20-13(15)18)5-6-16(9-14)12(17)11-4-3-10(19-11)7-21-2/h3-4H,5-9H2,1-2H3/t14-/m1/s1. The van der Waals surface area contributed by atoms with Gasteiger partial charge in [-0.25, -0.2) is 4.79 Å². The van der Waals surface area contributed by atoms with Crippen molar-refractivity contribution in [3.05, 3.63) is 23.7 Å². The van der Waals surface area contributed by atoms with Crippen LogP contribution in [0.3, 0.4) is 0 Å². The molecular formula is C14H18N2O4S. The average molecular weight is 310 g/mol. The first-order valence-corrected chi connectivity index (χ1v) is 8.23. The zero-order valence-corrected chi connectivity index (χ0v) is 12.9. The van der Waals surface area contributed by atoms with Crippen molar-refractivity contribution in [2.75, 3.05) is 32.9 Å². The summed E-state index contributed by atoms with van der Waals surface area (Å²) in [5.74, 6) is 1.77. The van der Waals surface area contributed by atoms with Crippen LogP contribution in [0.4, 0.5) is 4.79 Å². The molecule has 0 unspecified atom stereocenters. The first-order chi connectivity index (χ1) is 10.0. The van der Waals surface area contributed by atoms with Crippen LogP contribution in [0.25, 0.3) is 0 Å². The lowest BCUT2D eigenvalue weighted by Gasteiger charge is -2.21. The summed E-state index contributed by atoms with van der Waals surface area (Å²) in [5, 5.41) is 0. The highest BCUT2D eigenvalue weighted by Gasteiger charge is 2.49. The second kappa shape index (κ2) is 5.29. The molecule has 114 valence electrons. The molecule has 0 aromatic carbocycles. The van der Waals surface area contributed by atoms with E-state index in [9.17, 15) is 9.59 Å². The summed E-state index contributed by atoms with van der Waals surface area (Å²) in [6.45, 7) is 1.55. The maximum Gasteiger partial charge on any atom is 0.410 e. The van der Waals surface area contributed by atoms with Crippen LogP contribution in [0.15, 0.2) is 16.5 Å². The van der Waals surface area contributed by atoms with E-state index in [1.165, 1.54) is 0 Å². The number of hydrogen-bond donors (Lipinski definition) is 0. The second-order valence-corrected chi connectivity index (χ2v) is 6.45. The Kier molecular flexibility index (Phi) is 3.61. The van der Waals surface area contributed by atoms with Crippen molar-refractivity contribution in [3.63, 3.8) is 0 Å². The lowest BCUT2D eigenvalue weighted by molar-refractivity contribution is 0.0538. The van der Waals surface area contributed by atoms with Gasteiger partial charge in [-0.2, -0.15) is 11.8 Å². The van der Waals surface area contributed by atoms with Gasteiger partial charge in [0.25, 0.3) is 5.91 Å². The second-order valence-electron chi connectivity index (χ2n) is 5.58. The van der Waals surface area contributed by atoms with Gasteiger partial charge in [0.2, 0.25) is 0 Å². The Bertz CT molecular complexity index is 573. The summed E-state index contributed by atoms with van der Waals surface area (Å²) in [4.78, 5) is 27.2. The first kappa shape index (κ1) is 14.3. The van der Waals surface area contributed by atoms with Gasteiger partial charge in [0.15, 0.2) is 11.4 Å². The molecule has 0 saturated carbocycles. The molecule has 1 atom stereocenters. The zero-order valence-electron chi connectivity index (χ0n) is 12.1. The highest BCUT2D eigenvalue weighted by molar-refractivity contribution is 7.97. The van der Waals surface area contributed by atoms with E-state index in [2.05, 4.69) is 0 Å². The number of furan rings is 1. The van der Waals surface area contributed by atoms with Gasteiger partial charge in [0.05, 0.1) is 18.8 Å². The minimum Gasteiger partial charge on any atom is -0.455 e. The van der Waals surface area contributed by atoms with E-state index in [0.29, 0.717) is 31.8 Å². The Balaban J connectivity index is 1.68. The van der Waals surface area contributed by atoms with Crippen LogP contribution in [0.2, 0.25) is 0 Å². The number of likely N-dealkylation sites (tertiary alicyclic amines) is 1. The number of carbonyl (C=O) groups is 2. The van der Waals surface area contributed by atoms with E-state index >= 15 is 0 Å². The molecule has 1 aromatic rings. The monoisotopic (exact) mass is 310 g/mol. The third-order valence-electron chi connectivity index (χ3n) is 3.90. The molecule has 1 spiro atoms. The van der Waals surface area contributed by atoms with Crippen molar-refractivity contribution in [2.24, 2.45) is 0 Å². The molecule has 7 heteroatoms. The van der Waals surface area contributed by atoms with Crippen LogP contribution in [0, 0.1) is 0 Å². The maximum absolute atomic E-state index is 12.4. The number of nitrogens with zero attached hydrogens (tertiary/aromatic N) is 2. The van der Waals surface area contributed by atoms with Gasteiger partial charge in [-0.3, -0.25) is 4.79 Å². The molecule has 0 N–H and O–H groups in total. The SMILES string of the molecule is CSCc1ccc(C(=O)N2CC[C@@]3(CN(C)C(=O)O3)C2)o1. The van der Waals surface area contributed by atoms with E-state index in [0.717, 1.165) is 11.5 Å². The first-order valence-electron chi connectivity index (χ1n) is 6.84. The Labute approximate surface area is 127 Å². The van der Waals surface area contributed by atoms with Gasteiger partial charge >= 0.3 is 6.09 Å². The van der Waals surface area contributed by atoms with E-state index in [4.69, 9.17) is 9.15 Å². The molecule has 0 radical (unpaired) electrons. The van der Waals surface area contributed by atoms with Crippen LogP contribution in [-0.4, -0.2) is 60.3 Å². The van der Waals surface area contributed by atoms with Crippen LogP contribution in [0.5, 0.6) is 0 Å². The quantitative estimate of drug-likeness (QED) is 0.852. The van der Waals surface area contributed by atoms with Gasteiger partial charge in [-0.15, -0.1) is 0 Å². The minimum atomic E-state index is -0.545. The van der Waals surface area contributed by atoms with E-state index in [1.54, 1.807) is 34.7 Å². The topological polar surface area (TPSA) is 63.0 Å². The maximum atomic E-state index is 12.4. The average Bonchev–Trinajstić information content (AvgIpc) is 3.12. The molecule has 0 bridgehead atoms. The number of carbonyl (C=O) groups excluding carboxylic acids is 2. The van der Waals surface area contributed by atoms with Gasteiger partial charge in [-0.05, 0) is 18.4 Å². The van der Waals surface area contributed by atoms with Gasteiger partial charge in [0, 0.05) is 20.0 Å². The van der Waals surface area contributed by atoms with Crippen molar-refractivity contribution in [3.8, 4) is 0 Å². The molecule has 3 heterocycles. The fourth-order valence-electron chi connectivity index (χ4n) is 2.89. The highest BCUT2D eigenvalue weighted by atomic mass is 32.2. The summed E-state index contributed by atoms with van der Waals surface area (Å²) >= 11 is 1.65. The lowest BCUT2D eigenvalue weighted by atomic mass is 10.0. The van der Waals surface area contributed by atoms with Gasteiger partial charge < -0.3 is 19.0 Å². The largest absolute Gasteiger partial charge is 0.455 e. The third kappa shape index (κ3) is 2.62. The normalized spacial score (nSPS) is 25.0. The Morgan fingerprint density at radius 2 is 2.24 bits per heavy atom. The molecular weight excluding hydrogens is 292 g/mol. The summed E-state index contributed by atoms with van der Waals surface area (Å²) < 4.78 is 11.0. The molecule has 1 aromatic heterocycles. The van der Waals surface area contributed by atoms with Gasteiger partial charge in [0.1, 0.15) is 5.76 Å². The molecule has 2 amide bonds. The number of hydrogen-bond acceptors (Lipinski definition) is 5. The van der Waals surface area contributed by atoms with E-state index in [-0.39, 0.29) is 12.0 Å². The number of ether oxygens (including phenoxy) is 1. The van der Waals surface area contributed by atoms with Crippen LogP contribution in [0.1, 0.15) is 22.7 Å². The fourth-order valence-corrected chi connectivity index (χ4v) is 3.33. The summed E-state index contributed by atoms with van der Waals surface area (Å²) in [6, 6.07) is 3.55. The van der Waals surface area contributed by atoms with Crippen LogP contribution >= 0.6 is 11.8 Å². The van der Waals surface area contributed by atoms with Crippen molar-refractivity contribution in [1.29, 1.82) is 0 Å². The summed E-state index contributed by atoms with van der Waals surface area (Å²) in [7, 11) is 1.71. The Hall–Kier alpha value is -1.63. The van der Waals surface area contributed by atoms with Crippen LogP contribution < -0.4 is 0 Å². The lowest BCUT2D eigenvalue weighted by Crippen LogP contribution is -2.39. The zero-order chi connectivity index (χ0) is 15.0. The Morgan fingerprint density at radius 1 is 1.43 bits per heavy atom. The number of rotatable bonds is 3. The molecule has 2 aliphatic rings. The smallest absolute Gasteiger partial charge is 0.410 e. The van der Waals surface area contributed by atoms with Crippen molar-refractivity contribution >= 4 is 23.8 Å². The molecule has 2 fully saturated rings. The van der Waals surface area contributed by atoms with Crippen molar-refractivity contribution in [1.82, 2.24) is 9.80 Å². The van der Waals surface area contributed by atoms with Gasteiger partial charge in [-0.1, -0.05) is 0 Å². The number of thioether (sulfide) groups is 1. The van der Waals surface area contributed by atoms with E-state index in [1.807, 2.05) is 12.3 Å². The Morgan fingerprint density at radius 3 is 2.90 bits per heavy atom. The minimum absolute atomic E-state index is 0.134. The molecule has 0 aliphatic carbocycles. The van der Waals surface area contributed by atoms with E-state index < -0.39 is 5.60 Å². The molecule has 2 aliphatic heterocycles. The number of amides is 2. The van der Waals surface area contributed by atoms with Crippen LogP contribution in [-0.2, 0) is 10.5 Å². The predicted octanol–water partition coefficient (Wildman–Crippen LogP) is 1.81. The molecule has 21 heavy (non-hydrogen) atoms. The third-order valence-corrected chi connectivity index (χ3v) is 4.48. The number of likely N-dealkylation sites (N-methyl/N-ethyl adjacent to an activating group) is 1. The summed E-state index contributed by atoms with van der Waals surface area (Å²) in [5.41, 5.74) is -0.545. The van der Waals surface area contributed by atoms with Crippen molar-refractivity contribution in [2.45, 2.75) is 17.8 Å². The van der Waals surface area contributed by atoms with Crippen molar-refractivity contribution < 1.29 is 18.7 Å². The summed E-state index contributed by atoms with van der Waals surface area (Å²) in [6.07, 6.45) is 2.34. The molecule has 6 nitrogen and oxygen atoms in total. The molecule has 2 saturated heterocycles. The molecule has 3 rings (SSSR count). The highest BCUT2D eigenvalue weighted by Crippen LogP contribution is 2.32.